The maximum atomic E-state index is 13.1. The first-order chi connectivity index (χ1) is 13.0. The van der Waals surface area contributed by atoms with Crippen molar-refractivity contribution in [2.45, 2.75) is 52.7 Å². The molecule has 0 radical (unpaired) electrons. The highest BCUT2D eigenvalue weighted by Crippen LogP contribution is 2.24. The second-order valence-electron chi connectivity index (χ2n) is 7.67. The summed E-state index contributed by atoms with van der Waals surface area (Å²) in [4.78, 5) is 19.8. The molecule has 1 amide bonds. The molecule has 1 aliphatic heterocycles. The molecule has 0 N–H and O–H groups in total. The molecule has 1 saturated heterocycles. The van der Waals surface area contributed by atoms with E-state index in [1.807, 2.05) is 55.9 Å². The SMILES string of the molecule is Cc1ccn(CC(C)C(=O)N2CCCC2Cn2c(C)nc3ccccc32)n1. The Balaban J connectivity index is 1.49. The lowest BCUT2D eigenvalue weighted by molar-refractivity contribution is -0.136. The molecule has 142 valence electrons. The van der Waals surface area contributed by atoms with Gasteiger partial charge in [0.25, 0.3) is 0 Å². The third-order valence-electron chi connectivity index (χ3n) is 5.56. The molecular formula is C21H27N5O. The Hall–Kier alpha value is -2.63. The summed E-state index contributed by atoms with van der Waals surface area (Å²) >= 11 is 0. The van der Waals surface area contributed by atoms with E-state index in [0.29, 0.717) is 6.54 Å². The first-order valence-corrected chi connectivity index (χ1v) is 9.75. The summed E-state index contributed by atoms with van der Waals surface area (Å²) in [6.45, 7) is 8.31. The minimum absolute atomic E-state index is 0.0782. The Bertz CT molecular complexity index is 957. The van der Waals surface area contributed by atoms with E-state index in [1.165, 1.54) is 0 Å². The zero-order chi connectivity index (χ0) is 19.0. The molecule has 3 heterocycles. The van der Waals surface area contributed by atoms with Crippen LogP contribution < -0.4 is 0 Å². The van der Waals surface area contributed by atoms with E-state index < -0.39 is 0 Å². The van der Waals surface area contributed by atoms with E-state index in [2.05, 4.69) is 25.6 Å². The summed E-state index contributed by atoms with van der Waals surface area (Å²) in [6.07, 6.45) is 4.06. The number of hydrogen-bond donors (Lipinski definition) is 0. The van der Waals surface area contributed by atoms with Crippen LogP contribution in [0.4, 0.5) is 0 Å². The van der Waals surface area contributed by atoms with E-state index >= 15 is 0 Å². The Kier molecular flexibility index (Phi) is 4.72. The quantitative estimate of drug-likeness (QED) is 0.698. The number of nitrogens with zero attached hydrogens (tertiary/aromatic N) is 5. The van der Waals surface area contributed by atoms with Gasteiger partial charge in [0.05, 0.1) is 29.2 Å². The summed E-state index contributed by atoms with van der Waals surface area (Å²) in [5.74, 6) is 1.16. The number of hydrogen-bond acceptors (Lipinski definition) is 3. The fraction of sp³-hybridized carbons (Fsp3) is 0.476. The Labute approximate surface area is 159 Å². The average molecular weight is 365 g/mol. The minimum Gasteiger partial charge on any atom is -0.338 e. The molecule has 6 heteroatoms. The highest BCUT2D eigenvalue weighted by molar-refractivity contribution is 5.79. The van der Waals surface area contributed by atoms with Crippen LogP contribution in [0.1, 0.15) is 31.3 Å². The Morgan fingerprint density at radius 3 is 2.85 bits per heavy atom. The number of likely N-dealkylation sites (tertiary alicyclic amines) is 1. The molecule has 1 aliphatic rings. The Morgan fingerprint density at radius 1 is 1.26 bits per heavy atom. The lowest BCUT2D eigenvalue weighted by Crippen LogP contribution is -2.42. The molecule has 0 aliphatic carbocycles. The van der Waals surface area contributed by atoms with Crippen molar-refractivity contribution < 1.29 is 4.79 Å². The van der Waals surface area contributed by atoms with Gasteiger partial charge < -0.3 is 9.47 Å². The molecule has 6 nitrogen and oxygen atoms in total. The van der Waals surface area contributed by atoms with Crippen molar-refractivity contribution in [3.05, 3.63) is 48.0 Å². The third kappa shape index (κ3) is 3.48. The number of rotatable bonds is 5. The van der Waals surface area contributed by atoms with Gasteiger partial charge in [0.15, 0.2) is 0 Å². The molecule has 4 rings (SSSR count). The highest BCUT2D eigenvalue weighted by Gasteiger charge is 2.32. The van der Waals surface area contributed by atoms with Gasteiger partial charge in [-0.3, -0.25) is 9.48 Å². The fourth-order valence-electron chi connectivity index (χ4n) is 4.16. The second-order valence-corrected chi connectivity index (χ2v) is 7.67. The lowest BCUT2D eigenvalue weighted by atomic mass is 10.1. The van der Waals surface area contributed by atoms with Crippen LogP contribution in [-0.4, -0.2) is 42.7 Å². The van der Waals surface area contributed by atoms with Crippen LogP contribution in [0.25, 0.3) is 11.0 Å². The number of amides is 1. The van der Waals surface area contributed by atoms with E-state index in [1.54, 1.807) is 0 Å². The van der Waals surface area contributed by atoms with Gasteiger partial charge in [-0.05, 0) is 44.9 Å². The standard InChI is InChI=1S/C21H27N5O/c1-15(13-24-12-10-16(2)23-24)21(27)25-11-6-7-18(25)14-26-17(3)22-19-8-4-5-9-20(19)26/h4-5,8-10,12,15,18H,6-7,11,13-14H2,1-3H3. The highest BCUT2D eigenvalue weighted by atomic mass is 16.2. The molecule has 3 aromatic rings. The minimum atomic E-state index is -0.0782. The average Bonchev–Trinajstić information content (AvgIpc) is 3.35. The normalized spacial score (nSPS) is 18.3. The summed E-state index contributed by atoms with van der Waals surface area (Å²) < 4.78 is 4.13. The van der Waals surface area contributed by atoms with Crippen LogP contribution in [0.2, 0.25) is 0 Å². The molecule has 2 aromatic heterocycles. The van der Waals surface area contributed by atoms with Crippen molar-refractivity contribution >= 4 is 16.9 Å². The number of benzene rings is 1. The topological polar surface area (TPSA) is 56.0 Å². The summed E-state index contributed by atoms with van der Waals surface area (Å²) in [5.41, 5.74) is 3.15. The van der Waals surface area contributed by atoms with Gasteiger partial charge >= 0.3 is 0 Å². The monoisotopic (exact) mass is 365 g/mol. The predicted octanol–water partition coefficient (Wildman–Crippen LogP) is 3.18. The van der Waals surface area contributed by atoms with Crippen LogP contribution in [0, 0.1) is 19.8 Å². The molecule has 1 aromatic carbocycles. The molecule has 1 fully saturated rings. The van der Waals surface area contributed by atoms with Gasteiger partial charge in [0.1, 0.15) is 5.82 Å². The van der Waals surface area contributed by atoms with Crippen molar-refractivity contribution in [2.24, 2.45) is 5.92 Å². The molecule has 0 spiro atoms. The van der Waals surface area contributed by atoms with Crippen molar-refractivity contribution in [3.63, 3.8) is 0 Å². The summed E-state index contributed by atoms with van der Waals surface area (Å²) in [5, 5.41) is 4.42. The third-order valence-corrected chi connectivity index (χ3v) is 5.56. The second kappa shape index (κ2) is 7.18. The van der Waals surface area contributed by atoms with Crippen molar-refractivity contribution in [1.82, 2.24) is 24.2 Å². The van der Waals surface area contributed by atoms with E-state index in [4.69, 9.17) is 0 Å². The zero-order valence-corrected chi connectivity index (χ0v) is 16.3. The smallest absolute Gasteiger partial charge is 0.227 e. The molecule has 2 unspecified atom stereocenters. The summed E-state index contributed by atoms with van der Waals surface area (Å²) in [6, 6.07) is 10.4. The number of carbonyl (C=O) groups is 1. The zero-order valence-electron chi connectivity index (χ0n) is 16.3. The lowest BCUT2D eigenvalue weighted by Gasteiger charge is -2.28. The van der Waals surface area contributed by atoms with E-state index in [0.717, 1.165) is 48.5 Å². The van der Waals surface area contributed by atoms with Crippen molar-refractivity contribution in [3.8, 4) is 0 Å². The van der Waals surface area contributed by atoms with Gasteiger partial charge in [-0.2, -0.15) is 5.10 Å². The van der Waals surface area contributed by atoms with Crippen LogP contribution >= 0.6 is 0 Å². The van der Waals surface area contributed by atoms with Gasteiger partial charge in [-0.25, -0.2) is 4.98 Å². The number of carbonyl (C=O) groups excluding carboxylic acids is 1. The molecular weight excluding hydrogens is 338 g/mol. The van der Waals surface area contributed by atoms with Crippen LogP contribution in [0.15, 0.2) is 36.5 Å². The van der Waals surface area contributed by atoms with Gasteiger partial charge in [-0.1, -0.05) is 19.1 Å². The molecule has 0 bridgehead atoms. The Morgan fingerprint density at radius 2 is 2.07 bits per heavy atom. The van der Waals surface area contributed by atoms with Crippen molar-refractivity contribution in [2.75, 3.05) is 6.54 Å². The maximum Gasteiger partial charge on any atom is 0.227 e. The number of fused-ring (bicyclic) bond motifs is 1. The van der Waals surface area contributed by atoms with Crippen molar-refractivity contribution in [1.29, 1.82) is 0 Å². The molecule has 27 heavy (non-hydrogen) atoms. The first-order valence-electron chi connectivity index (χ1n) is 9.75. The molecule has 2 atom stereocenters. The summed E-state index contributed by atoms with van der Waals surface area (Å²) in [7, 11) is 0. The van der Waals surface area contributed by atoms with Crippen LogP contribution in [0.5, 0.6) is 0 Å². The van der Waals surface area contributed by atoms with E-state index in [-0.39, 0.29) is 17.9 Å². The number of aromatic nitrogens is 4. The largest absolute Gasteiger partial charge is 0.338 e. The maximum absolute atomic E-state index is 13.1. The van der Waals surface area contributed by atoms with E-state index in [9.17, 15) is 4.79 Å². The van der Waals surface area contributed by atoms with Crippen LogP contribution in [-0.2, 0) is 17.9 Å². The predicted molar refractivity (Wildman–Crippen MR) is 105 cm³/mol. The number of imidazole rings is 1. The fourth-order valence-corrected chi connectivity index (χ4v) is 4.16. The molecule has 0 saturated carbocycles. The number of aryl methyl sites for hydroxylation is 2. The van der Waals surface area contributed by atoms with Gasteiger partial charge in [0, 0.05) is 25.3 Å². The first kappa shape index (κ1) is 17.8. The van der Waals surface area contributed by atoms with Crippen LogP contribution in [0.3, 0.4) is 0 Å². The number of para-hydroxylation sites is 2. The van der Waals surface area contributed by atoms with Gasteiger partial charge in [0.2, 0.25) is 5.91 Å². The van der Waals surface area contributed by atoms with Gasteiger partial charge in [-0.15, -0.1) is 0 Å².